The van der Waals surface area contributed by atoms with Gasteiger partial charge in [-0.25, -0.2) is 9.97 Å². The summed E-state index contributed by atoms with van der Waals surface area (Å²) in [5, 5.41) is 1.04. The minimum absolute atomic E-state index is 0.0725. The molecule has 7 aromatic rings. The molecule has 0 atom stereocenters. The Morgan fingerprint density at radius 2 is 1.08 bits per heavy atom. The zero-order chi connectivity index (χ0) is 32.6. The second-order valence-corrected chi connectivity index (χ2v) is 14.2. The second kappa shape index (κ2) is 10.5. The first-order valence-corrected chi connectivity index (χ1v) is 16.8. The van der Waals surface area contributed by atoms with E-state index >= 15 is 0 Å². The van der Waals surface area contributed by atoms with Gasteiger partial charge in [0, 0.05) is 44.4 Å². The van der Waals surface area contributed by atoms with E-state index in [9.17, 15) is 0 Å². The lowest BCUT2D eigenvalue weighted by atomic mass is 9.63. The summed E-state index contributed by atoms with van der Waals surface area (Å²) < 4.78 is 6.87. The van der Waals surface area contributed by atoms with Crippen LogP contribution in [0.4, 0.5) is 0 Å². The highest BCUT2D eigenvalue weighted by atomic mass is 16.5. The smallest absolute Gasteiger partial charge is 0.160 e. The molecule has 1 aromatic heterocycles. The molecular formula is C45H36N2O. The Morgan fingerprint density at radius 3 is 1.81 bits per heavy atom. The molecule has 0 radical (unpaired) electrons. The standard InChI is InChI=1S/C45H36N2O/c1-44(2)34-19-11-8-16-31(34)41(32-17-9-12-20-35(32)44)29-22-24-36-39(26-29)48-40-27-30(23-25-37(40)45(36,3)4)43-46-38-21-13-10-18-33(38)42(47-43)28-14-6-5-7-15-28/h5-27,41H,1-4H3. The summed E-state index contributed by atoms with van der Waals surface area (Å²) in [6, 6.07) is 49.8. The van der Waals surface area contributed by atoms with Crippen molar-refractivity contribution in [3.63, 3.8) is 0 Å². The van der Waals surface area contributed by atoms with Gasteiger partial charge in [0.15, 0.2) is 5.82 Å². The van der Waals surface area contributed by atoms with E-state index in [-0.39, 0.29) is 16.7 Å². The van der Waals surface area contributed by atoms with Crippen LogP contribution in [0, 0.1) is 0 Å². The van der Waals surface area contributed by atoms with E-state index in [0.717, 1.165) is 44.8 Å². The van der Waals surface area contributed by atoms with Crippen molar-refractivity contribution in [3.05, 3.63) is 178 Å². The van der Waals surface area contributed by atoms with Crippen molar-refractivity contribution in [2.45, 2.75) is 44.4 Å². The number of nitrogens with zero attached hydrogens (tertiary/aromatic N) is 2. The molecule has 0 unspecified atom stereocenters. The Labute approximate surface area is 281 Å². The van der Waals surface area contributed by atoms with E-state index in [1.165, 1.54) is 33.4 Å². The summed E-state index contributed by atoms with van der Waals surface area (Å²) in [4.78, 5) is 10.2. The number of benzene rings is 6. The van der Waals surface area contributed by atoms with Crippen molar-refractivity contribution in [2.75, 3.05) is 0 Å². The summed E-state index contributed by atoms with van der Waals surface area (Å²) in [6.07, 6.45) is 0. The molecule has 0 saturated carbocycles. The Bertz CT molecular complexity index is 2340. The molecule has 1 aliphatic carbocycles. The van der Waals surface area contributed by atoms with Gasteiger partial charge in [-0.1, -0.05) is 149 Å². The average molecular weight is 621 g/mol. The summed E-state index contributed by atoms with van der Waals surface area (Å²) in [6.45, 7) is 9.27. The second-order valence-electron chi connectivity index (χ2n) is 14.2. The van der Waals surface area contributed by atoms with Crippen LogP contribution in [-0.4, -0.2) is 9.97 Å². The van der Waals surface area contributed by atoms with Crippen LogP contribution in [-0.2, 0) is 10.8 Å². The monoisotopic (exact) mass is 620 g/mol. The van der Waals surface area contributed by atoms with Crippen molar-refractivity contribution in [1.82, 2.24) is 9.97 Å². The van der Waals surface area contributed by atoms with Crippen LogP contribution < -0.4 is 4.74 Å². The fraction of sp³-hybridized carbons (Fsp3) is 0.156. The Morgan fingerprint density at radius 1 is 0.500 bits per heavy atom. The molecule has 48 heavy (non-hydrogen) atoms. The molecule has 0 spiro atoms. The molecule has 1 aliphatic heterocycles. The summed E-state index contributed by atoms with van der Waals surface area (Å²) >= 11 is 0. The van der Waals surface area contributed by atoms with Gasteiger partial charge in [0.1, 0.15) is 11.5 Å². The molecule has 3 nitrogen and oxygen atoms in total. The molecule has 9 rings (SSSR count). The normalized spacial score (nSPS) is 15.5. The molecule has 232 valence electrons. The van der Waals surface area contributed by atoms with Crippen LogP contribution in [0.1, 0.15) is 72.6 Å². The highest BCUT2D eigenvalue weighted by molar-refractivity contribution is 5.93. The summed E-state index contributed by atoms with van der Waals surface area (Å²) in [5.74, 6) is 2.57. The third-order valence-electron chi connectivity index (χ3n) is 10.7. The lowest BCUT2D eigenvalue weighted by molar-refractivity contribution is 0.417. The van der Waals surface area contributed by atoms with Gasteiger partial charge < -0.3 is 4.74 Å². The van der Waals surface area contributed by atoms with Gasteiger partial charge in [-0.15, -0.1) is 0 Å². The first-order valence-electron chi connectivity index (χ1n) is 16.8. The number of hydrogen-bond acceptors (Lipinski definition) is 3. The molecule has 0 bridgehead atoms. The van der Waals surface area contributed by atoms with Gasteiger partial charge in [0.05, 0.1) is 11.2 Å². The van der Waals surface area contributed by atoms with Gasteiger partial charge in [0.2, 0.25) is 0 Å². The maximum Gasteiger partial charge on any atom is 0.160 e. The fourth-order valence-electron chi connectivity index (χ4n) is 8.17. The van der Waals surface area contributed by atoms with Crippen LogP contribution in [0.15, 0.2) is 140 Å². The van der Waals surface area contributed by atoms with Gasteiger partial charge in [-0.2, -0.15) is 0 Å². The minimum Gasteiger partial charge on any atom is -0.457 e. The van der Waals surface area contributed by atoms with Gasteiger partial charge in [-0.3, -0.25) is 0 Å². The predicted molar refractivity (Wildman–Crippen MR) is 195 cm³/mol. The number of aromatic nitrogens is 2. The van der Waals surface area contributed by atoms with Crippen molar-refractivity contribution >= 4 is 10.9 Å². The SMILES string of the molecule is CC1(C)c2ccc(-c3nc(-c4ccccc4)c4ccccc4n3)cc2Oc2cc(C3c4ccccc4C(C)(C)c4ccccc43)ccc21. The Balaban J connectivity index is 1.16. The number of para-hydroxylation sites is 1. The first-order chi connectivity index (χ1) is 23.3. The summed E-state index contributed by atoms with van der Waals surface area (Å²) in [5.41, 5.74) is 12.6. The van der Waals surface area contributed by atoms with E-state index in [4.69, 9.17) is 14.7 Å². The van der Waals surface area contributed by atoms with Crippen molar-refractivity contribution in [3.8, 4) is 34.1 Å². The highest BCUT2D eigenvalue weighted by Gasteiger charge is 2.39. The van der Waals surface area contributed by atoms with E-state index < -0.39 is 0 Å². The molecule has 0 amide bonds. The zero-order valence-electron chi connectivity index (χ0n) is 27.7. The van der Waals surface area contributed by atoms with Crippen molar-refractivity contribution < 1.29 is 4.74 Å². The molecule has 0 saturated heterocycles. The Hall–Kier alpha value is -5.54. The predicted octanol–water partition coefficient (Wildman–Crippen LogP) is 11.2. The van der Waals surface area contributed by atoms with E-state index in [1.807, 2.05) is 18.2 Å². The third kappa shape index (κ3) is 4.27. The van der Waals surface area contributed by atoms with Gasteiger partial charge in [-0.05, 0) is 46.0 Å². The number of fused-ring (bicyclic) bond motifs is 5. The van der Waals surface area contributed by atoms with Crippen LogP contribution in [0.2, 0.25) is 0 Å². The highest BCUT2D eigenvalue weighted by Crippen LogP contribution is 2.53. The third-order valence-corrected chi connectivity index (χ3v) is 10.7. The maximum absolute atomic E-state index is 6.87. The van der Waals surface area contributed by atoms with E-state index in [1.54, 1.807) is 0 Å². The molecule has 3 heteroatoms. The zero-order valence-corrected chi connectivity index (χ0v) is 27.7. The van der Waals surface area contributed by atoms with E-state index in [0.29, 0.717) is 5.82 Å². The largest absolute Gasteiger partial charge is 0.457 e. The van der Waals surface area contributed by atoms with Crippen molar-refractivity contribution in [1.29, 1.82) is 0 Å². The first kappa shape index (κ1) is 28.7. The van der Waals surface area contributed by atoms with Gasteiger partial charge >= 0.3 is 0 Å². The minimum atomic E-state index is -0.246. The lowest BCUT2D eigenvalue weighted by Crippen LogP contribution is -2.30. The number of hydrogen-bond donors (Lipinski definition) is 0. The van der Waals surface area contributed by atoms with Crippen LogP contribution in [0.3, 0.4) is 0 Å². The number of ether oxygens (including phenoxy) is 1. The van der Waals surface area contributed by atoms with Crippen molar-refractivity contribution in [2.24, 2.45) is 0 Å². The van der Waals surface area contributed by atoms with Gasteiger partial charge in [0.25, 0.3) is 0 Å². The molecule has 6 aromatic carbocycles. The Kier molecular flexibility index (Phi) is 6.26. The molecule has 2 heterocycles. The van der Waals surface area contributed by atoms with Crippen LogP contribution >= 0.6 is 0 Å². The molecule has 2 aliphatic rings. The molecule has 0 fully saturated rings. The average Bonchev–Trinajstić information content (AvgIpc) is 3.11. The number of rotatable bonds is 3. The van der Waals surface area contributed by atoms with Crippen LogP contribution in [0.25, 0.3) is 33.5 Å². The summed E-state index contributed by atoms with van der Waals surface area (Å²) in [7, 11) is 0. The molecular weight excluding hydrogens is 585 g/mol. The maximum atomic E-state index is 6.87. The quantitative estimate of drug-likeness (QED) is 0.197. The van der Waals surface area contributed by atoms with Crippen LogP contribution in [0.5, 0.6) is 11.5 Å². The fourth-order valence-corrected chi connectivity index (χ4v) is 8.17. The lowest BCUT2D eigenvalue weighted by Gasteiger charge is -2.40. The topological polar surface area (TPSA) is 35.0 Å². The van der Waals surface area contributed by atoms with E-state index in [2.05, 4.69) is 149 Å². The molecule has 0 N–H and O–H groups in total.